The van der Waals surface area contributed by atoms with Gasteiger partial charge in [0.2, 0.25) is 0 Å². The lowest BCUT2D eigenvalue weighted by Gasteiger charge is -2.39. The molecule has 0 bridgehead atoms. The summed E-state index contributed by atoms with van der Waals surface area (Å²) in [6, 6.07) is 4.63. The molecule has 3 fully saturated rings. The lowest BCUT2D eigenvalue weighted by Crippen LogP contribution is -2.48. The molecular formula is C25H32FN5O3S. The Kier molecular flexibility index (Phi) is 7.69. The lowest BCUT2D eigenvalue weighted by atomic mass is 10.0. The van der Waals surface area contributed by atoms with Crippen LogP contribution in [0.15, 0.2) is 28.1 Å². The highest BCUT2D eigenvalue weighted by atomic mass is 32.2. The summed E-state index contributed by atoms with van der Waals surface area (Å²) in [7, 11) is 0. The fraction of sp³-hybridized carbons (Fsp3) is 0.560. The normalized spacial score (nSPS) is 23.6. The number of benzene rings is 1. The minimum Gasteiger partial charge on any atom is -0.410 e. The highest BCUT2D eigenvalue weighted by Gasteiger charge is 2.29. The van der Waals surface area contributed by atoms with Gasteiger partial charge in [0, 0.05) is 38.3 Å². The van der Waals surface area contributed by atoms with Gasteiger partial charge in [-0.3, -0.25) is 9.80 Å². The zero-order valence-corrected chi connectivity index (χ0v) is 20.7. The Morgan fingerprint density at radius 2 is 1.83 bits per heavy atom. The molecule has 0 spiro atoms. The van der Waals surface area contributed by atoms with Crippen LogP contribution < -0.4 is 10.2 Å². The van der Waals surface area contributed by atoms with Gasteiger partial charge in [0.15, 0.2) is 5.17 Å². The summed E-state index contributed by atoms with van der Waals surface area (Å²) in [4.78, 5) is 34.0. The molecule has 4 aliphatic heterocycles. The van der Waals surface area contributed by atoms with Gasteiger partial charge in [0.1, 0.15) is 11.6 Å². The fourth-order valence-electron chi connectivity index (χ4n) is 5.11. The van der Waals surface area contributed by atoms with Crippen LogP contribution in [0.4, 0.5) is 9.18 Å². The summed E-state index contributed by atoms with van der Waals surface area (Å²) < 4.78 is 19.9. The molecule has 4 aliphatic rings. The predicted octanol–water partition coefficient (Wildman–Crippen LogP) is 3.85. The van der Waals surface area contributed by atoms with Crippen molar-refractivity contribution < 1.29 is 18.7 Å². The van der Waals surface area contributed by atoms with Crippen molar-refractivity contribution in [3.63, 3.8) is 0 Å². The van der Waals surface area contributed by atoms with Gasteiger partial charge < -0.3 is 14.5 Å². The number of piperidine rings is 2. The van der Waals surface area contributed by atoms with E-state index < -0.39 is 11.9 Å². The van der Waals surface area contributed by atoms with Crippen molar-refractivity contribution in [3.8, 4) is 5.75 Å². The molecule has 8 nitrogen and oxygen atoms in total. The van der Waals surface area contributed by atoms with Crippen molar-refractivity contribution in [2.45, 2.75) is 51.0 Å². The van der Waals surface area contributed by atoms with Crippen LogP contribution in [0.2, 0.25) is 0 Å². The highest BCUT2D eigenvalue weighted by molar-refractivity contribution is 8.18. The Bertz CT molecular complexity index is 1010. The number of thioether (sulfide) groups is 1. The smallest absolute Gasteiger partial charge is 0.410 e. The molecule has 0 radical (unpaired) electrons. The first-order valence-electron chi connectivity index (χ1n) is 12.6. The summed E-state index contributed by atoms with van der Waals surface area (Å²) in [5.41, 5.74) is 3.69. The Labute approximate surface area is 209 Å². The molecule has 0 aromatic heterocycles. The third-order valence-corrected chi connectivity index (χ3v) is 7.98. The number of carbonyl (C=O) groups excluding carboxylic acids is 2. The largest absolute Gasteiger partial charge is 0.415 e. The molecule has 10 heteroatoms. The second kappa shape index (κ2) is 11.1. The van der Waals surface area contributed by atoms with E-state index in [9.17, 15) is 14.0 Å². The number of amides is 2. The van der Waals surface area contributed by atoms with Gasteiger partial charge in [-0.05, 0) is 87.1 Å². The molecule has 1 N–H and O–H groups in total. The van der Waals surface area contributed by atoms with Gasteiger partial charge in [-0.1, -0.05) is 6.42 Å². The number of hydrogen-bond acceptors (Lipinski definition) is 7. The van der Waals surface area contributed by atoms with Gasteiger partial charge in [0.05, 0.1) is 4.91 Å². The lowest BCUT2D eigenvalue weighted by molar-refractivity contribution is -0.113. The summed E-state index contributed by atoms with van der Waals surface area (Å²) >= 11 is 1.26. The molecular weight excluding hydrogens is 469 g/mol. The number of nitrogens with one attached hydrogen (secondary N) is 1. The first-order chi connectivity index (χ1) is 17.0. The molecule has 1 aromatic carbocycles. The van der Waals surface area contributed by atoms with Gasteiger partial charge in [-0.25, -0.2) is 14.6 Å². The van der Waals surface area contributed by atoms with Crippen molar-refractivity contribution in [1.82, 2.24) is 20.2 Å². The maximum absolute atomic E-state index is 14.3. The SMILES string of the molecule is O=C1N=C(N2CCCCN2)SC1=Cc1cc(F)cc(OC(=O)N2CCC(N3CCCCC3)CC2)c1. The second-order valence-electron chi connectivity index (χ2n) is 9.48. The first-order valence-corrected chi connectivity index (χ1v) is 13.4. The number of likely N-dealkylation sites (tertiary alicyclic amines) is 2. The van der Waals surface area contributed by atoms with Crippen LogP contribution in [0.1, 0.15) is 50.5 Å². The van der Waals surface area contributed by atoms with Crippen molar-refractivity contribution >= 4 is 35.0 Å². The number of hydrogen-bond donors (Lipinski definition) is 1. The number of aliphatic imine (C=N–C) groups is 1. The van der Waals surface area contributed by atoms with E-state index in [1.807, 2.05) is 5.01 Å². The third kappa shape index (κ3) is 6.05. The van der Waals surface area contributed by atoms with Gasteiger partial charge in [0.25, 0.3) is 5.91 Å². The Morgan fingerprint density at radius 1 is 1.06 bits per heavy atom. The molecule has 188 valence electrons. The quantitative estimate of drug-likeness (QED) is 0.631. The molecule has 5 rings (SSSR count). The zero-order chi connectivity index (χ0) is 24.2. The van der Waals surface area contributed by atoms with Crippen molar-refractivity contribution in [3.05, 3.63) is 34.5 Å². The number of hydrazine groups is 1. The van der Waals surface area contributed by atoms with Crippen molar-refractivity contribution in [1.29, 1.82) is 0 Å². The monoisotopic (exact) mass is 501 g/mol. The Morgan fingerprint density at radius 3 is 2.57 bits per heavy atom. The predicted molar refractivity (Wildman–Crippen MR) is 134 cm³/mol. The zero-order valence-electron chi connectivity index (χ0n) is 19.9. The number of nitrogens with zero attached hydrogens (tertiary/aromatic N) is 4. The maximum atomic E-state index is 14.3. The molecule has 35 heavy (non-hydrogen) atoms. The number of ether oxygens (including phenoxy) is 1. The van der Waals surface area contributed by atoms with Crippen molar-refractivity contribution in [2.75, 3.05) is 39.3 Å². The van der Waals surface area contributed by atoms with Crippen LogP contribution in [-0.2, 0) is 4.79 Å². The van der Waals surface area contributed by atoms with Gasteiger partial charge in [-0.15, -0.1) is 0 Å². The summed E-state index contributed by atoms with van der Waals surface area (Å²) in [5, 5.41) is 2.50. The number of rotatable bonds is 3. The van der Waals surface area contributed by atoms with E-state index >= 15 is 0 Å². The van der Waals surface area contributed by atoms with Gasteiger partial charge >= 0.3 is 6.09 Å². The van der Waals surface area contributed by atoms with E-state index in [1.165, 1.54) is 43.2 Å². The summed E-state index contributed by atoms with van der Waals surface area (Å²) in [6.45, 7) is 5.23. The molecule has 3 saturated heterocycles. The minimum absolute atomic E-state index is 0.134. The molecule has 1 aromatic rings. The minimum atomic E-state index is -0.528. The van der Waals surface area contributed by atoms with Gasteiger partial charge in [-0.2, -0.15) is 4.99 Å². The van der Waals surface area contributed by atoms with Crippen molar-refractivity contribution in [2.24, 2.45) is 4.99 Å². The Hall–Kier alpha value is -2.43. The molecule has 0 atom stereocenters. The van der Waals surface area contributed by atoms with Crippen LogP contribution >= 0.6 is 11.8 Å². The topological polar surface area (TPSA) is 77.5 Å². The molecule has 0 saturated carbocycles. The van der Waals surface area contributed by atoms with E-state index in [1.54, 1.807) is 17.0 Å². The first kappa shape index (κ1) is 24.3. The van der Waals surface area contributed by atoms with E-state index in [4.69, 9.17) is 4.74 Å². The highest BCUT2D eigenvalue weighted by Crippen LogP contribution is 2.31. The van der Waals surface area contributed by atoms with E-state index in [0.29, 0.717) is 34.8 Å². The van der Waals surface area contributed by atoms with Crippen LogP contribution in [0, 0.1) is 5.82 Å². The molecule has 0 aliphatic carbocycles. The molecule has 4 heterocycles. The average Bonchev–Trinajstić information content (AvgIpc) is 3.24. The molecule has 0 unspecified atom stereocenters. The summed E-state index contributed by atoms with van der Waals surface area (Å²) in [5.74, 6) is -0.744. The second-order valence-corrected chi connectivity index (χ2v) is 10.5. The number of amidine groups is 1. The van der Waals surface area contributed by atoms with Crippen LogP contribution in [0.25, 0.3) is 6.08 Å². The fourth-order valence-corrected chi connectivity index (χ4v) is 6.02. The van der Waals surface area contributed by atoms with Crippen LogP contribution in [-0.4, -0.2) is 77.3 Å². The van der Waals surface area contributed by atoms with Crippen LogP contribution in [0.3, 0.4) is 0 Å². The average molecular weight is 502 g/mol. The third-order valence-electron chi connectivity index (χ3n) is 6.98. The van der Waals surface area contributed by atoms with E-state index in [0.717, 1.165) is 51.9 Å². The van der Waals surface area contributed by atoms with E-state index in [2.05, 4.69) is 15.3 Å². The number of carbonyl (C=O) groups is 2. The maximum Gasteiger partial charge on any atom is 0.415 e. The van der Waals surface area contributed by atoms with Crippen LogP contribution in [0.5, 0.6) is 5.75 Å². The summed E-state index contributed by atoms with van der Waals surface area (Å²) in [6.07, 6.45) is 8.95. The molecule has 2 amide bonds. The Balaban J connectivity index is 1.19. The number of halogens is 1. The standard InChI is InChI=1S/C25H32FN5O3S/c26-19-14-18(16-22-23(32)28-24(35-22)31-11-5-2-8-27-31)15-21(17-19)34-25(33)30-12-6-20(7-13-30)29-9-3-1-4-10-29/h14-17,20,27H,1-13H2. The van der Waals surface area contributed by atoms with E-state index in [-0.39, 0.29) is 11.7 Å².